The molecule has 1 saturated heterocycles. The van der Waals surface area contributed by atoms with Gasteiger partial charge in [-0.1, -0.05) is 6.07 Å². The van der Waals surface area contributed by atoms with Crippen LogP contribution >= 0.6 is 0 Å². The molecule has 1 fully saturated rings. The van der Waals surface area contributed by atoms with Gasteiger partial charge in [0.1, 0.15) is 0 Å². The Morgan fingerprint density at radius 1 is 1.47 bits per heavy atom. The summed E-state index contributed by atoms with van der Waals surface area (Å²) in [6.07, 6.45) is 4.44. The minimum atomic E-state index is 0.292. The molecule has 1 aromatic carbocycles. The SMILES string of the molecule is Cc1ccc(N)cc1N1CCCC1CCCO. The minimum Gasteiger partial charge on any atom is -0.399 e. The number of aliphatic hydroxyl groups is 1. The van der Waals surface area contributed by atoms with Gasteiger partial charge in [-0.25, -0.2) is 0 Å². The van der Waals surface area contributed by atoms with E-state index in [0.717, 1.165) is 25.1 Å². The average Bonchev–Trinajstić information content (AvgIpc) is 2.77. The summed E-state index contributed by atoms with van der Waals surface area (Å²) >= 11 is 0. The van der Waals surface area contributed by atoms with Crippen molar-refractivity contribution in [2.75, 3.05) is 23.8 Å². The smallest absolute Gasteiger partial charge is 0.0431 e. The van der Waals surface area contributed by atoms with Crippen LogP contribution < -0.4 is 10.6 Å². The van der Waals surface area contributed by atoms with Crippen LogP contribution in [0.25, 0.3) is 0 Å². The molecule has 17 heavy (non-hydrogen) atoms. The predicted molar refractivity (Wildman–Crippen MR) is 72.3 cm³/mol. The lowest BCUT2D eigenvalue weighted by Crippen LogP contribution is -2.30. The molecular formula is C14H22N2O. The van der Waals surface area contributed by atoms with Gasteiger partial charge in [-0.2, -0.15) is 0 Å². The number of benzene rings is 1. The maximum atomic E-state index is 8.94. The summed E-state index contributed by atoms with van der Waals surface area (Å²) in [6.45, 7) is 3.54. The Kier molecular flexibility index (Phi) is 3.89. The van der Waals surface area contributed by atoms with Gasteiger partial charge < -0.3 is 15.7 Å². The van der Waals surface area contributed by atoms with Gasteiger partial charge in [-0.15, -0.1) is 0 Å². The zero-order valence-electron chi connectivity index (χ0n) is 10.5. The zero-order valence-corrected chi connectivity index (χ0v) is 10.5. The molecule has 0 bridgehead atoms. The fourth-order valence-electron chi connectivity index (χ4n) is 2.72. The second-order valence-corrected chi connectivity index (χ2v) is 4.90. The molecule has 1 aromatic rings. The van der Waals surface area contributed by atoms with Gasteiger partial charge in [-0.3, -0.25) is 0 Å². The Hall–Kier alpha value is -1.22. The van der Waals surface area contributed by atoms with Crippen LogP contribution in [0.3, 0.4) is 0 Å². The number of nitrogens with zero attached hydrogens (tertiary/aromatic N) is 1. The molecule has 0 spiro atoms. The Labute approximate surface area is 103 Å². The largest absolute Gasteiger partial charge is 0.399 e. The van der Waals surface area contributed by atoms with Gasteiger partial charge >= 0.3 is 0 Å². The summed E-state index contributed by atoms with van der Waals surface area (Å²) in [5.74, 6) is 0. The molecule has 0 saturated carbocycles. The highest BCUT2D eigenvalue weighted by molar-refractivity contribution is 5.61. The van der Waals surface area contributed by atoms with Crippen LogP contribution in [0.2, 0.25) is 0 Å². The van der Waals surface area contributed by atoms with Crippen molar-refractivity contribution in [2.45, 2.75) is 38.6 Å². The lowest BCUT2D eigenvalue weighted by molar-refractivity contribution is 0.279. The first-order valence-electron chi connectivity index (χ1n) is 6.46. The van der Waals surface area contributed by atoms with Crippen LogP contribution in [0.5, 0.6) is 0 Å². The number of rotatable bonds is 4. The fraction of sp³-hybridized carbons (Fsp3) is 0.571. The van der Waals surface area contributed by atoms with Crippen molar-refractivity contribution in [1.82, 2.24) is 0 Å². The molecule has 0 aliphatic carbocycles. The molecule has 1 aliphatic heterocycles. The number of aliphatic hydroxyl groups excluding tert-OH is 1. The Balaban J connectivity index is 2.16. The Morgan fingerprint density at radius 2 is 2.29 bits per heavy atom. The molecule has 1 heterocycles. The van der Waals surface area contributed by atoms with Gasteiger partial charge in [0.2, 0.25) is 0 Å². The molecule has 0 radical (unpaired) electrons. The summed E-state index contributed by atoms with van der Waals surface area (Å²) < 4.78 is 0. The Morgan fingerprint density at radius 3 is 3.06 bits per heavy atom. The quantitative estimate of drug-likeness (QED) is 0.786. The predicted octanol–water partition coefficient (Wildman–Crippen LogP) is 2.32. The van der Waals surface area contributed by atoms with Gasteiger partial charge in [0.05, 0.1) is 0 Å². The maximum absolute atomic E-state index is 8.94. The third kappa shape index (κ3) is 2.72. The molecule has 1 unspecified atom stereocenters. The molecular weight excluding hydrogens is 212 g/mol. The normalized spacial score (nSPS) is 19.9. The van der Waals surface area contributed by atoms with E-state index in [2.05, 4.69) is 24.0 Å². The highest BCUT2D eigenvalue weighted by Gasteiger charge is 2.25. The van der Waals surface area contributed by atoms with Crippen molar-refractivity contribution in [2.24, 2.45) is 0 Å². The van der Waals surface area contributed by atoms with E-state index in [-0.39, 0.29) is 0 Å². The molecule has 1 atom stereocenters. The van der Waals surface area contributed by atoms with E-state index < -0.39 is 0 Å². The summed E-state index contributed by atoms with van der Waals surface area (Å²) in [5, 5.41) is 8.94. The summed E-state index contributed by atoms with van der Waals surface area (Å²) in [5.41, 5.74) is 9.26. The first-order valence-corrected chi connectivity index (χ1v) is 6.46. The lowest BCUT2D eigenvalue weighted by atomic mass is 10.1. The summed E-state index contributed by atoms with van der Waals surface area (Å²) in [4.78, 5) is 2.46. The van der Waals surface area contributed by atoms with Crippen LogP contribution in [0.15, 0.2) is 18.2 Å². The van der Waals surface area contributed by atoms with E-state index in [1.165, 1.54) is 24.1 Å². The van der Waals surface area contributed by atoms with Gasteiger partial charge in [0.25, 0.3) is 0 Å². The van der Waals surface area contributed by atoms with Crippen molar-refractivity contribution >= 4 is 11.4 Å². The molecule has 3 nitrogen and oxygen atoms in total. The number of hydrogen-bond acceptors (Lipinski definition) is 3. The van der Waals surface area contributed by atoms with Crippen LogP contribution in [0.1, 0.15) is 31.2 Å². The van der Waals surface area contributed by atoms with E-state index in [0.29, 0.717) is 12.6 Å². The van der Waals surface area contributed by atoms with Crippen LogP contribution in [0.4, 0.5) is 11.4 Å². The van der Waals surface area contributed by atoms with E-state index in [4.69, 9.17) is 10.8 Å². The first-order chi connectivity index (χ1) is 8.22. The third-order valence-electron chi connectivity index (χ3n) is 3.62. The lowest BCUT2D eigenvalue weighted by Gasteiger charge is -2.28. The van der Waals surface area contributed by atoms with Crippen LogP contribution in [0, 0.1) is 6.92 Å². The standard InChI is InChI=1S/C14H22N2O/c1-11-6-7-12(15)10-14(11)16-8-2-4-13(16)5-3-9-17/h6-7,10,13,17H,2-5,8-9,15H2,1H3. The van der Waals surface area contributed by atoms with Crippen molar-refractivity contribution in [3.8, 4) is 0 Å². The molecule has 1 aliphatic rings. The average molecular weight is 234 g/mol. The van der Waals surface area contributed by atoms with E-state index in [1.807, 2.05) is 6.07 Å². The summed E-state index contributed by atoms with van der Waals surface area (Å²) in [7, 11) is 0. The van der Waals surface area contributed by atoms with Crippen LogP contribution in [-0.2, 0) is 0 Å². The molecule has 94 valence electrons. The second-order valence-electron chi connectivity index (χ2n) is 4.90. The third-order valence-corrected chi connectivity index (χ3v) is 3.62. The maximum Gasteiger partial charge on any atom is 0.0431 e. The Bertz CT molecular complexity index is 378. The van der Waals surface area contributed by atoms with E-state index in [1.54, 1.807) is 0 Å². The van der Waals surface area contributed by atoms with E-state index >= 15 is 0 Å². The minimum absolute atomic E-state index is 0.292. The summed E-state index contributed by atoms with van der Waals surface area (Å²) in [6, 6.07) is 6.69. The van der Waals surface area contributed by atoms with Crippen molar-refractivity contribution in [3.05, 3.63) is 23.8 Å². The molecule has 2 rings (SSSR count). The topological polar surface area (TPSA) is 49.5 Å². The van der Waals surface area contributed by atoms with E-state index in [9.17, 15) is 0 Å². The van der Waals surface area contributed by atoms with Gasteiger partial charge in [0, 0.05) is 30.6 Å². The molecule has 3 heteroatoms. The molecule has 0 aromatic heterocycles. The number of aryl methyl sites for hydroxylation is 1. The molecule has 3 N–H and O–H groups in total. The molecule has 0 amide bonds. The number of anilines is 2. The fourth-order valence-corrected chi connectivity index (χ4v) is 2.72. The zero-order chi connectivity index (χ0) is 12.3. The number of nitrogens with two attached hydrogens (primary N) is 1. The second kappa shape index (κ2) is 5.41. The monoisotopic (exact) mass is 234 g/mol. The highest BCUT2D eigenvalue weighted by Crippen LogP contribution is 2.31. The number of hydrogen-bond donors (Lipinski definition) is 2. The first kappa shape index (κ1) is 12.2. The van der Waals surface area contributed by atoms with Gasteiger partial charge in [0.15, 0.2) is 0 Å². The van der Waals surface area contributed by atoms with Crippen molar-refractivity contribution < 1.29 is 5.11 Å². The van der Waals surface area contributed by atoms with Gasteiger partial charge in [-0.05, 0) is 50.3 Å². The van der Waals surface area contributed by atoms with Crippen molar-refractivity contribution in [3.63, 3.8) is 0 Å². The number of nitrogen functional groups attached to an aromatic ring is 1. The van der Waals surface area contributed by atoms with Crippen molar-refractivity contribution in [1.29, 1.82) is 0 Å². The van der Waals surface area contributed by atoms with Crippen LogP contribution in [-0.4, -0.2) is 24.3 Å². The highest BCUT2D eigenvalue weighted by atomic mass is 16.2.